The highest BCUT2D eigenvalue weighted by Crippen LogP contribution is 2.37. The molecule has 0 bridgehead atoms. The van der Waals surface area contributed by atoms with Crippen LogP contribution in [-0.2, 0) is 24.2 Å². The van der Waals surface area contributed by atoms with Gasteiger partial charge in [0.15, 0.2) is 0 Å². The van der Waals surface area contributed by atoms with Crippen molar-refractivity contribution in [2.75, 3.05) is 17.6 Å². The minimum absolute atomic E-state index is 0.165. The highest BCUT2D eigenvalue weighted by molar-refractivity contribution is 7.25. The number of ether oxygens (including phenoxy) is 1. The first-order valence-corrected chi connectivity index (χ1v) is 10.7. The zero-order chi connectivity index (χ0) is 20.9. The summed E-state index contributed by atoms with van der Waals surface area (Å²) in [4.78, 5) is 14.8. The van der Waals surface area contributed by atoms with E-state index in [1.807, 2.05) is 6.07 Å². The van der Waals surface area contributed by atoms with Gasteiger partial charge in [-0.15, -0.1) is 11.3 Å². The van der Waals surface area contributed by atoms with Gasteiger partial charge in [0.2, 0.25) is 0 Å². The van der Waals surface area contributed by atoms with Gasteiger partial charge in [0.1, 0.15) is 22.8 Å². The molecule has 0 saturated carbocycles. The van der Waals surface area contributed by atoms with Crippen LogP contribution in [0.25, 0.3) is 20.4 Å². The van der Waals surface area contributed by atoms with Crippen molar-refractivity contribution in [3.8, 4) is 0 Å². The van der Waals surface area contributed by atoms with Gasteiger partial charge in [-0.1, -0.05) is 6.07 Å². The number of fused-ring (bicyclic) bond motifs is 4. The third-order valence-corrected chi connectivity index (χ3v) is 6.49. The monoisotopic (exact) mass is 423 g/mol. The van der Waals surface area contributed by atoms with Crippen molar-refractivity contribution in [2.45, 2.75) is 38.9 Å². The number of pyridine rings is 1. The first-order valence-electron chi connectivity index (χ1n) is 9.87. The molecule has 0 atom stereocenters. The van der Waals surface area contributed by atoms with Gasteiger partial charge < -0.3 is 15.8 Å². The average Bonchev–Trinajstić information content (AvgIpc) is 3.06. The number of thiophene rings is 1. The Morgan fingerprint density at radius 2 is 2.13 bits per heavy atom. The summed E-state index contributed by atoms with van der Waals surface area (Å²) < 4.78 is 20.6. The number of hydrogen-bond donors (Lipinski definition) is 2. The molecule has 0 aliphatic carbocycles. The molecule has 0 amide bonds. The predicted molar refractivity (Wildman–Crippen MR) is 118 cm³/mol. The number of nitrogens with one attached hydrogen (secondary N) is 1. The fourth-order valence-corrected chi connectivity index (χ4v) is 4.86. The van der Waals surface area contributed by atoms with E-state index < -0.39 is 0 Å². The molecule has 4 heterocycles. The second-order valence-corrected chi connectivity index (χ2v) is 9.21. The van der Waals surface area contributed by atoms with E-state index in [1.165, 1.54) is 6.07 Å². The van der Waals surface area contributed by atoms with Gasteiger partial charge in [-0.05, 0) is 44.0 Å². The number of rotatable bonds is 4. The molecular weight excluding hydrogens is 401 g/mol. The van der Waals surface area contributed by atoms with Crippen LogP contribution in [0.15, 0.2) is 30.6 Å². The molecule has 4 aromatic rings. The molecule has 0 radical (unpaired) electrons. The van der Waals surface area contributed by atoms with Crippen LogP contribution in [0.1, 0.15) is 30.7 Å². The standard InChI is InChI=1S/C22H22FN5OS/c1-22(2)9-17-13(10-29-22)8-14-18-19(30-21(14)28-17)20(27-11-26-18)25-6-5-12-3-4-16(24)15(23)7-12/h3-4,7-8,11H,5-6,9-10,24H2,1-2H3,(H,25,26,27). The van der Waals surface area contributed by atoms with Crippen molar-refractivity contribution in [3.63, 3.8) is 0 Å². The van der Waals surface area contributed by atoms with Crippen LogP contribution in [0.5, 0.6) is 0 Å². The Kier molecular flexibility index (Phi) is 4.56. The molecule has 6 nitrogen and oxygen atoms in total. The predicted octanol–water partition coefficient (Wildman–Crippen LogP) is 4.47. The van der Waals surface area contributed by atoms with Gasteiger partial charge in [-0.3, -0.25) is 0 Å². The van der Waals surface area contributed by atoms with Crippen LogP contribution in [0, 0.1) is 5.82 Å². The summed E-state index contributed by atoms with van der Waals surface area (Å²) in [7, 11) is 0. The summed E-state index contributed by atoms with van der Waals surface area (Å²) in [5, 5.41) is 4.40. The molecule has 3 aromatic heterocycles. The van der Waals surface area contributed by atoms with E-state index in [2.05, 4.69) is 35.2 Å². The molecule has 8 heteroatoms. The number of aromatic nitrogens is 3. The van der Waals surface area contributed by atoms with Crippen molar-refractivity contribution < 1.29 is 9.13 Å². The molecule has 0 unspecified atom stereocenters. The van der Waals surface area contributed by atoms with E-state index in [0.717, 1.165) is 49.5 Å². The van der Waals surface area contributed by atoms with Crippen molar-refractivity contribution in [1.82, 2.24) is 15.0 Å². The maximum atomic E-state index is 13.7. The quantitative estimate of drug-likeness (QED) is 0.471. The largest absolute Gasteiger partial charge is 0.396 e. The maximum Gasteiger partial charge on any atom is 0.147 e. The molecule has 0 spiro atoms. The molecule has 1 aromatic carbocycles. The Morgan fingerprint density at radius 3 is 2.97 bits per heavy atom. The number of nitrogen functional groups attached to an aromatic ring is 1. The summed E-state index contributed by atoms with van der Waals surface area (Å²) in [6.45, 7) is 5.37. The molecular formula is C22H22FN5OS. The zero-order valence-electron chi connectivity index (χ0n) is 16.8. The maximum absolute atomic E-state index is 13.7. The summed E-state index contributed by atoms with van der Waals surface area (Å²) in [5.74, 6) is 0.386. The number of halogens is 1. The molecule has 0 saturated heterocycles. The molecule has 1 aliphatic rings. The molecule has 3 N–H and O–H groups in total. The van der Waals surface area contributed by atoms with Gasteiger partial charge in [0, 0.05) is 23.9 Å². The Labute approximate surface area is 177 Å². The number of nitrogens with two attached hydrogens (primary N) is 1. The lowest BCUT2D eigenvalue weighted by molar-refractivity contribution is -0.0411. The highest BCUT2D eigenvalue weighted by atomic mass is 32.1. The highest BCUT2D eigenvalue weighted by Gasteiger charge is 2.28. The third kappa shape index (κ3) is 3.46. The van der Waals surface area contributed by atoms with Gasteiger partial charge in [0.25, 0.3) is 0 Å². The fraction of sp³-hybridized carbons (Fsp3) is 0.318. The molecule has 154 valence electrons. The lowest BCUT2D eigenvalue weighted by Gasteiger charge is -2.30. The van der Waals surface area contributed by atoms with E-state index in [0.29, 0.717) is 19.6 Å². The summed E-state index contributed by atoms with van der Waals surface area (Å²) in [6, 6.07) is 7.06. The van der Waals surface area contributed by atoms with Crippen LogP contribution < -0.4 is 11.1 Å². The number of anilines is 2. The SMILES string of the molecule is CC1(C)Cc2nc3sc4c(NCCc5ccc(N)c(F)c5)ncnc4c3cc2CO1. The van der Waals surface area contributed by atoms with Crippen LogP contribution in [0.2, 0.25) is 0 Å². The van der Waals surface area contributed by atoms with Crippen LogP contribution in [0.4, 0.5) is 15.9 Å². The molecule has 30 heavy (non-hydrogen) atoms. The Hall–Kier alpha value is -2.84. The van der Waals surface area contributed by atoms with Crippen LogP contribution in [0.3, 0.4) is 0 Å². The van der Waals surface area contributed by atoms with Crippen molar-refractivity contribution in [1.29, 1.82) is 0 Å². The Morgan fingerprint density at radius 1 is 1.27 bits per heavy atom. The van der Waals surface area contributed by atoms with Gasteiger partial charge in [-0.25, -0.2) is 19.3 Å². The minimum atomic E-state index is -0.386. The number of nitrogens with zero attached hydrogens (tertiary/aromatic N) is 3. The van der Waals surface area contributed by atoms with Crippen molar-refractivity contribution in [2.24, 2.45) is 0 Å². The lowest BCUT2D eigenvalue weighted by Crippen LogP contribution is -2.32. The smallest absolute Gasteiger partial charge is 0.147 e. The number of benzene rings is 1. The first kappa shape index (κ1) is 19.1. The second-order valence-electron chi connectivity index (χ2n) is 8.21. The Bertz CT molecular complexity index is 1270. The second kappa shape index (κ2) is 7.14. The van der Waals surface area contributed by atoms with Gasteiger partial charge in [0.05, 0.1) is 33.8 Å². The fourth-order valence-electron chi connectivity index (χ4n) is 3.76. The normalized spacial score (nSPS) is 15.4. The lowest BCUT2D eigenvalue weighted by atomic mass is 9.95. The Balaban J connectivity index is 1.44. The van der Waals surface area contributed by atoms with Gasteiger partial charge in [-0.2, -0.15) is 0 Å². The molecule has 5 rings (SSSR count). The van der Waals surface area contributed by atoms with Crippen molar-refractivity contribution >= 4 is 43.3 Å². The van der Waals surface area contributed by atoms with E-state index in [4.69, 9.17) is 15.5 Å². The molecule has 1 aliphatic heterocycles. The summed E-state index contributed by atoms with van der Waals surface area (Å²) in [5.41, 5.74) is 9.51. The third-order valence-electron chi connectivity index (χ3n) is 5.40. The molecule has 0 fully saturated rings. The summed E-state index contributed by atoms with van der Waals surface area (Å²) >= 11 is 1.60. The average molecular weight is 424 g/mol. The zero-order valence-corrected chi connectivity index (χ0v) is 17.6. The van der Waals surface area contributed by atoms with E-state index in [-0.39, 0.29) is 17.1 Å². The van der Waals surface area contributed by atoms with Crippen LogP contribution in [-0.4, -0.2) is 27.1 Å². The van der Waals surface area contributed by atoms with E-state index >= 15 is 0 Å². The van der Waals surface area contributed by atoms with Gasteiger partial charge >= 0.3 is 0 Å². The summed E-state index contributed by atoms with van der Waals surface area (Å²) in [6.07, 6.45) is 3.02. The van der Waals surface area contributed by atoms with Crippen molar-refractivity contribution in [3.05, 3.63) is 53.2 Å². The minimum Gasteiger partial charge on any atom is -0.396 e. The van der Waals surface area contributed by atoms with E-state index in [1.54, 1.807) is 23.7 Å². The number of hydrogen-bond acceptors (Lipinski definition) is 7. The van der Waals surface area contributed by atoms with Crippen LogP contribution >= 0.6 is 11.3 Å². The first-order chi connectivity index (χ1) is 14.4. The van der Waals surface area contributed by atoms with E-state index in [9.17, 15) is 4.39 Å². The topological polar surface area (TPSA) is 86.0 Å².